The van der Waals surface area contributed by atoms with Crippen LogP contribution in [-0.2, 0) is 26.7 Å². The molecule has 0 N–H and O–H groups in total. The molecule has 26 heavy (non-hydrogen) atoms. The molecule has 2 bridgehead atoms. The van der Waals surface area contributed by atoms with Crippen molar-refractivity contribution in [1.29, 1.82) is 0 Å². The fourth-order valence-corrected chi connectivity index (χ4v) is 3.63. The number of hydrogen-bond acceptors (Lipinski definition) is 3. The molecule has 0 radical (unpaired) electrons. The highest BCUT2D eigenvalue weighted by Crippen LogP contribution is 2.47. The number of anilines is 1. The Labute approximate surface area is 142 Å². The van der Waals surface area contributed by atoms with E-state index in [2.05, 4.69) is 0 Å². The maximum Gasteiger partial charge on any atom is 0.416 e. The highest BCUT2D eigenvalue weighted by molar-refractivity contribution is 6.23. The predicted octanol–water partition coefficient (Wildman–Crippen LogP) is 3.17. The fourth-order valence-electron chi connectivity index (χ4n) is 3.63. The van der Waals surface area contributed by atoms with E-state index < -0.39 is 65.0 Å². The van der Waals surface area contributed by atoms with Crippen LogP contribution in [0.2, 0.25) is 0 Å². The van der Waals surface area contributed by atoms with Crippen molar-refractivity contribution in [2.24, 2.45) is 11.8 Å². The first-order valence-corrected chi connectivity index (χ1v) is 7.49. The van der Waals surface area contributed by atoms with Crippen LogP contribution in [0.25, 0.3) is 0 Å². The first-order chi connectivity index (χ1) is 12.0. The molecule has 0 unspecified atom stereocenters. The lowest BCUT2D eigenvalue weighted by Gasteiger charge is -2.21. The van der Waals surface area contributed by atoms with Crippen LogP contribution in [0, 0.1) is 11.8 Å². The minimum atomic E-state index is -5.07. The molecule has 4 atom stereocenters. The number of carbonyl (C=O) groups excluding carboxylic acids is 2. The van der Waals surface area contributed by atoms with Gasteiger partial charge in [0.25, 0.3) is 0 Å². The van der Waals surface area contributed by atoms with Gasteiger partial charge in [-0.2, -0.15) is 26.3 Å². The average molecular weight is 377 g/mol. The Balaban J connectivity index is 1.81. The SMILES string of the molecule is O=C1[C@@H]2[C@H](C(=O)N1c1cc(C(F)(F)F)cc(C(F)(F)F)c1)[C@H]1C=C[C@@H]2O1. The van der Waals surface area contributed by atoms with Crippen LogP contribution in [0.4, 0.5) is 32.0 Å². The van der Waals surface area contributed by atoms with Crippen molar-refractivity contribution in [2.75, 3.05) is 4.90 Å². The quantitative estimate of drug-likeness (QED) is 0.429. The number of ether oxygens (including phenoxy) is 1. The highest BCUT2D eigenvalue weighted by Gasteiger charge is 2.61. The van der Waals surface area contributed by atoms with Crippen molar-refractivity contribution < 1.29 is 40.7 Å². The lowest BCUT2D eigenvalue weighted by Crippen LogP contribution is -2.34. The van der Waals surface area contributed by atoms with Crippen LogP contribution in [0.5, 0.6) is 0 Å². The van der Waals surface area contributed by atoms with E-state index in [1.807, 2.05) is 0 Å². The summed E-state index contributed by atoms with van der Waals surface area (Å²) in [6, 6.07) is 0.703. The number of imide groups is 1. The largest absolute Gasteiger partial charge is 0.416 e. The Bertz CT molecular complexity index is 781. The van der Waals surface area contributed by atoms with Crippen LogP contribution in [0.3, 0.4) is 0 Å². The van der Waals surface area contributed by atoms with E-state index in [1.165, 1.54) is 0 Å². The number of carbonyl (C=O) groups is 2. The van der Waals surface area contributed by atoms with Crippen molar-refractivity contribution in [1.82, 2.24) is 0 Å². The lowest BCUT2D eigenvalue weighted by molar-refractivity contribution is -0.143. The van der Waals surface area contributed by atoms with Crippen molar-refractivity contribution in [3.05, 3.63) is 41.5 Å². The van der Waals surface area contributed by atoms with Crippen LogP contribution in [0.15, 0.2) is 30.4 Å². The molecule has 3 aliphatic heterocycles. The predicted molar refractivity (Wildman–Crippen MR) is 73.7 cm³/mol. The number of rotatable bonds is 1. The molecule has 2 fully saturated rings. The third kappa shape index (κ3) is 2.35. The molecular formula is C16H9F6NO3. The van der Waals surface area contributed by atoms with Crippen molar-refractivity contribution in [2.45, 2.75) is 24.6 Å². The van der Waals surface area contributed by atoms with Crippen molar-refractivity contribution >= 4 is 17.5 Å². The summed E-state index contributed by atoms with van der Waals surface area (Å²) in [5, 5.41) is 0. The first-order valence-electron chi connectivity index (χ1n) is 7.49. The van der Waals surface area contributed by atoms with Gasteiger partial charge in [0.05, 0.1) is 40.9 Å². The number of benzene rings is 1. The Morgan fingerprint density at radius 3 is 1.58 bits per heavy atom. The molecule has 0 saturated carbocycles. The third-order valence-electron chi connectivity index (χ3n) is 4.74. The van der Waals surface area contributed by atoms with Gasteiger partial charge in [0.2, 0.25) is 11.8 Å². The number of hydrogen-bond donors (Lipinski definition) is 0. The van der Waals surface area contributed by atoms with Gasteiger partial charge in [-0.05, 0) is 18.2 Å². The molecule has 0 spiro atoms. The van der Waals surface area contributed by atoms with Gasteiger partial charge in [0.15, 0.2) is 0 Å². The molecule has 10 heteroatoms. The van der Waals surface area contributed by atoms with Gasteiger partial charge in [-0.1, -0.05) is 12.2 Å². The van der Waals surface area contributed by atoms with Crippen LogP contribution in [0.1, 0.15) is 11.1 Å². The summed E-state index contributed by atoms with van der Waals surface area (Å²) in [7, 11) is 0. The average Bonchev–Trinajstić information content (AvgIpc) is 3.19. The first kappa shape index (κ1) is 17.1. The second-order valence-electron chi connectivity index (χ2n) is 6.28. The Morgan fingerprint density at radius 1 is 0.769 bits per heavy atom. The van der Waals surface area contributed by atoms with Gasteiger partial charge in [-0.3, -0.25) is 9.59 Å². The van der Waals surface area contributed by atoms with Crippen molar-refractivity contribution in [3.63, 3.8) is 0 Å². The number of fused-ring (bicyclic) bond motifs is 5. The highest BCUT2D eigenvalue weighted by atomic mass is 19.4. The zero-order chi connectivity index (χ0) is 19.0. The summed E-state index contributed by atoms with van der Waals surface area (Å²) in [6.07, 6.45) is -8.40. The number of alkyl halides is 6. The standard InChI is InChI=1S/C16H9F6NO3/c17-15(18,19)6-3-7(16(20,21)22)5-8(4-6)23-13(24)11-9-1-2-10(26-9)12(11)14(23)25/h1-5,9-12H/t9-,10+,11-,12+. The summed E-state index contributed by atoms with van der Waals surface area (Å²) in [5.74, 6) is -3.57. The molecular weight excluding hydrogens is 368 g/mol. The molecule has 0 aliphatic carbocycles. The summed E-state index contributed by atoms with van der Waals surface area (Å²) >= 11 is 0. The van der Waals surface area contributed by atoms with Crippen LogP contribution < -0.4 is 4.90 Å². The lowest BCUT2D eigenvalue weighted by atomic mass is 9.85. The maximum atomic E-state index is 13.0. The van der Waals surface area contributed by atoms with Gasteiger partial charge in [0.1, 0.15) is 0 Å². The van der Waals surface area contributed by atoms with E-state index in [4.69, 9.17) is 4.74 Å². The van der Waals surface area contributed by atoms with Gasteiger partial charge in [-0.15, -0.1) is 0 Å². The monoisotopic (exact) mass is 377 g/mol. The second kappa shape index (κ2) is 5.09. The molecule has 3 heterocycles. The van der Waals surface area contributed by atoms with Gasteiger partial charge < -0.3 is 4.74 Å². The number of nitrogens with zero attached hydrogens (tertiary/aromatic N) is 1. The molecule has 2 saturated heterocycles. The molecule has 138 valence electrons. The van der Waals surface area contributed by atoms with E-state index >= 15 is 0 Å². The van der Waals surface area contributed by atoms with E-state index in [0.29, 0.717) is 17.0 Å². The van der Waals surface area contributed by atoms with Gasteiger partial charge in [0, 0.05) is 0 Å². The van der Waals surface area contributed by atoms with E-state index in [9.17, 15) is 35.9 Å². The maximum absolute atomic E-state index is 13.0. The zero-order valence-corrected chi connectivity index (χ0v) is 12.6. The van der Waals surface area contributed by atoms with E-state index in [0.717, 1.165) is 0 Å². The molecule has 2 amide bonds. The minimum absolute atomic E-state index is 0.0519. The van der Waals surface area contributed by atoms with E-state index in [-0.39, 0.29) is 6.07 Å². The van der Waals surface area contributed by atoms with Gasteiger partial charge in [-0.25, -0.2) is 4.90 Å². The number of halogens is 6. The Hall–Kier alpha value is -2.36. The summed E-state index contributed by atoms with van der Waals surface area (Å²) in [4.78, 5) is 25.5. The zero-order valence-electron chi connectivity index (χ0n) is 12.6. The summed E-state index contributed by atoms with van der Waals surface area (Å²) < 4.78 is 83.4. The minimum Gasteiger partial charge on any atom is -0.365 e. The third-order valence-corrected chi connectivity index (χ3v) is 4.74. The molecule has 1 aromatic rings. The summed E-state index contributed by atoms with van der Waals surface area (Å²) in [6.45, 7) is 0. The Kier molecular flexibility index (Phi) is 3.34. The van der Waals surface area contributed by atoms with Gasteiger partial charge >= 0.3 is 12.4 Å². The Morgan fingerprint density at radius 2 is 1.19 bits per heavy atom. The smallest absolute Gasteiger partial charge is 0.365 e. The number of amides is 2. The molecule has 0 aromatic heterocycles. The molecule has 1 aromatic carbocycles. The molecule has 4 nitrogen and oxygen atoms in total. The summed E-state index contributed by atoms with van der Waals surface area (Å²) in [5.41, 5.74) is -3.91. The molecule has 4 rings (SSSR count). The van der Waals surface area contributed by atoms with E-state index in [1.54, 1.807) is 12.2 Å². The fraction of sp³-hybridized carbons (Fsp3) is 0.375. The van der Waals surface area contributed by atoms with Crippen LogP contribution in [-0.4, -0.2) is 24.0 Å². The topological polar surface area (TPSA) is 46.6 Å². The normalized spacial score (nSPS) is 30.5. The second-order valence-corrected chi connectivity index (χ2v) is 6.28. The van der Waals surface area contributed by atoms with Crippen LogP contribution >= 0.6 is 0 Å². The molecule has 3 aliphatic rings. The van der Waals surface area contributed by atoms with Crippen molar-refractivity contribution in [3.8, 4) is 0 Å².